The average Bonchev–Trinajstić information content (AvgIpc) is 3.15. The first-order valence-electron chi connectivity index (χ1n) is 9.89. The smallest absolute Gasteiger partial charge is 0.408 e. The van der Waals surface area contributed by atoms with Crippen LogP contribution in [0.3, 0.4) is 0 Å². The number of H-pyrrole nitrogens is 1. The van der Waals surface area contributed by atoms with Crippen LogP contribution < -0.4 is 10.6 Å². The van der Waals surface area contributed by atoms with E-state index in [9.17, 15) is 9.59 Å². The van der Waals surface area contributed by atoms with Crippen LogP contribution in [-0.2, 0) is 22.6 Å². The van der Waals surface area contributed by atoms with Crippen LogP contribution in [0, 0.1) is 0 Å². The van der Waals surface area contributed by atoms with Crippen LogP contribution in [0.1, 0.15) is 31.4 Å². The van der Waals surface area contributed by atoms with Crippen LogP contribution in [0.5, 0.6) is 0 Å². The monoisotopic (exact) mass is 393 g/mol. The van der Waals surface area contributed by atoms with E-state index in [4.69, 9.17) is 4.74 Å². The summed E-state index contributed by atoms with van der Waals surface area (Å²) in [6, 6.07) is 16.6. The highest BCUT2D eigenvalue weighted by atomic mass is 16.5. The lowest BCUT2D eigenvalue weighted by molar-refractivity contribution is -0.123. The normalized spacial score (nSPS) is 12.9. The summed E-state index contributed by atoms with van der Waals surface area (Å²) in [7, 11) is 0. The highest BCUT2D eigenvalue weighted by Gasteiger charge is 2.24. The number of benzene rings is 2. The number of para-hydroxylation sites is 1. The van der Waals surface area contributed by atoms with Crippen molar-refractivity contribution in [3.8, 4) is 0 Å². The molecule has 0 bridgehead atoms. The predicted octanol–water partition coefficient (Wildman–Crippen LogP) is 3.92. The van der Waals surface area contributed by atoms with Crippen molar-refractivity contribution in [2.24, 2.45) is 0 Å². The molecule has 3 aromatic rings. The Morgan fingerprint density at radius 2 is 1.76 bits per heavy atom. The molecule has 29 heavy (non-hydrogen) atoms. The number of fused-ring (bicyclic) bond motifs is 1. The summed E-state index contributed by atoms with van der Waals surface area (Å²) in [5.41, 5.74) is 2.85. The molecule has 0 fully saturated rings. The summed E-state index contributed by atoms with van der Waals surface area (Å²) in [5.74, 6) is -0.221. The van der Waals surface area contributed by atoms with Crippen molar-refractivity contribution in [2.45, 2.75) is 45.4 Å². The summed E-state index contributed by atoms with van der Waals surface area (Å²) in [4.78, 5) is 28.4. The van der Waals surface area contributed by atoms with Crippen molar-refractivity contribution >= 4 is 22.9 Å². The number of alkyl carbamates (subject to hydrolysis) is 1. The molecule has 2 atom stereocenters. The molecule has 0 aliphatic rings. The molecule has 0 saturated heterocycles. The lowest BCUT2D eigenvalue weighted by Crippen LogP contribution is -2.50. The summed E-state index contributed by atoms with van der Waals surface area (Å²) >= 11 is 0. The van der Waals surface area contributed by atoms with E-state index in [1.807, 2.05) is 74.6 Å². The van der Waals surface area contributed by atoms with E-state index in [-0.39, 0.29) is 18.6 Å². The molecular formula is C23H27N3O3. The number of hydrogen-bond donors (Lipinski definition) is 3. The molecular weight excluding hydrogens is 366 g/mol. The number of carbonyl (C=O) groups excluding carboxylic acids is 2. The number of aromatic nitrogens is 1. The fourth-order valence-electron chi connectivity index (χ4n) is 3.08. The SMILES string of the molecule is CC[C@H](C)NC(=O)[C@@H](Cc1c[nH]c2ccccc12)NC(=O)OCc1ccccc1. The minimum atomic E-state index is -0.730. The quantitative estimate of drug-likeness (QED) is 0.542. The lowest BCUT2D eigenvalue weighted by Gasteiger charge is -2.20. The maximum absolute atomic E-state index is 12.8. The van der Waals surface area contributed by atoms with Gasteiger partial charge in [-0.15, -0.1) is 0 Å². The number of nitrogens with one attached hydrogen (secondary N) is 3. The largest absolute Gasteiger partial charge is 0.445 e. The standard InChI is InChI=1S/C23H27N3O3/c1-3-16(2)25-22(27)21(13-18-14-24-20-12-8-7-11-19(18)20)26-23(28)29-15-17-9-5-4-6-10-17/h4-12,14,16,21,24H,3,13,15H2,1-2H3,(H,25,27)(H,26,28)/t16-,21+/m0/s1. The van der Waals surface area contributed by atoms with E-state index < -0.39 is 12.1 Å². The minimum absolute atomic E-state index is 0.0232. The van der Waals surface area contributed by atoms with E-state index in [1.165, 1.54) is 0 Å². The van der Waals surface area contributed by atoms with Crippen LogP contribution in [0.4, 0.5) is 4.79 Å². The third-order valence-electron chi connectivity index (χ3n) is 4.92. The van der Waals surface area contributed by atoms with Crippen LogP contribution >= 0.6 is 0 Å². The Balaban J connectivity index is 1.70. The van der Waals surface area contributed by atoms with Gasteiger partial charge < -0.3 is 20.4 Å². The maximum atomic E-state index is 12.8. The molecule has 2 amide bonds. The zero-order valence-electron chi connectivity index (χ0n) is 16.8. The Bertz CT molecular complexity index is 952. The zero-order chi connectivity index (χ0) is 20.6. The molecule has 6 heteroatoms. The average molecular weight is 393 g/mol. The van der Waals surface area contributed by atoms with Crippen LogP contribution in [-0.4, -0.2) is 29.1 Å². The number of hydrogen-bond acceptors (Lipinski definition) is 3. The van der Waals surface area contributed by atoms with Crippen molar-refractivity contribution in [3.05, 3.63) is 71.9 Å². The van der Waals surface area contributed by atoms with Gasteiger partial charge >= 0.3 is 6.09 Å². The summed E-state index contributed by atoms with van der Waals surface area (Å²) in [6.07, 6.45) is 2.44. The van der Waals surface area contributed by atoms with E-state index in [1.54, 1.807) is 0 Å². The van der Waals surface area contributed by atoms with Crippen molar-refractivity contribution in [1.29, 1.82) is 0 Å². The van der Waals surface area contributed by atoms with Gasteiger partial charge in [0.15, 0.2) is 0 Å². The van der Waals surface area contributed by atoms with Crippen molar-refractivity contribution in [1.82, 2.24) is 15.6 Å². The molecule has 3 N–H and O–H groups in total. The molecule has 0 aliphatic carbocycles. The molecule has 6 nitrogen and oxygen atoms in total. The number of aromatic amines is 1. The molecule has 1 aromatic heterocycles. The Kier molecular flexibility index (Phi) is 6.89. The Hall–Kier alpha value is -3.28. The number of amides is 2. The summed E-state index contributed by atoms with van der Waals surface area (Å²) in [6.45, 7) is 4.09. The van der Waals surface area contributed by atoms with E-state index in [0.717, 1.165) is 28.5 Å². The third kappa shape index (κ3) is 5.60. The fourth-order valence-corrected chi connectivity index (χ4v) is 3.08. The molecule has 0 radical (unpaired) electrons. The third-order valence-corrected chi connectivity index (χ3v) is 4.92. The van der Waals surface area contributed by atoms with E-state index in [2.05, 4.69) is 15.6 Å². The molecule has 2 aromatic carbocycles. The van der Waals surface area contributed by atoms with Gasteiger partial charge in [0.2, 0.25) is 5.91 Å². The second-order valence-electron chi connectivity index (χ2n) is 7.14. The number of carbonyl (C=O) groups is 2. The Labute approximate surface area is 170 Å². The van der Waals surface area contributed by atoms with E-state index >= 15 is 0 Å². The minimum Gasteiger partial charge on any atom is -0.445 e. The summed E-state index contributed by atoms with van der Waals surface area (Å²) in [5, 5.41) is 6.72. The predicted molar refractivity (Wildman–Crippen MR) is 113 cm³/mol. The highest BCUT2D eigenvalue weighted by Crippen LogP contribution is 2.19. The van der Waals surface area contributed by atoms with Crippen molar-refractivity contribution in [3.63, 3.8) is 0 Å². The molecule has 152 valence electrons. The molecule has 3 rings (SSSR count). The van der Waals surface area contributed by atoms with Crippen LogP contribution in [0.25, 0.3) is 10.9 Å². The molecule has 0 saturated carbocycles. The van der Waals surface area contributed by atoms with Gasteiger partial charge in [0, 0.05) is 29.6 Å². The first-order chi connectivity index (χ1) is 14.1. The van der Waals surface area contributed by atoms with Gasteiger partial charge in [0.1, 0.15) is 12.6 Å². The Morgan fingerprint density at radius 3 is 2.52 bits per heavy atom. The Morgan fingerprint density at radius 1 is 1.03 bits per heavy atom. The topological polar surface area (TPSA) is 83.2 Å². The summed E-state index contributed by atoms with van der Waals surface area (Å²) < 4.78 is 5.31. The van der Waals surface area contributed by atoms with Gasteiger partial charge in [-0.1, -0.05) is 55.5 Å². The van der Waals surface area contributed by atoms with Gasteiger partial charge in [-0.25, -0.2) is 4.79 Å². The second-order valence-corrected chi connectivity index (χ2v) is 7.14. The van der Waals surface area contributed by atoms with Gasteiger partial charge in [-0.05, 0) is 30.5 Å². The van der Waals surface area contributed by atoms with Crippen molar-refractivity contribution in [2.75, 3.05) is 0 Å². The van der Waals surface area contributed by atoms with Crippen LogP contribution in [0.15, 0.2) is 60.8 Å². The number of ether oxygens (including phenoxy) is 1. The first-order valence-corrected chi connectivity index (χ1v) is 9.89. The lowest BCUT2D eigenvalue weighted by atomic mass is 10.0. The molecule has 0 unspecified atom stereocenters. The van der Waals surface area contributed by atoms with Gasteiger partial charge in [-0.2, -0.15) is 0 Å². The van der Waals surface area contributed by atoms with E-state index in [0.29, 0.717) is 6.42 Å². The van der Waals surface area contributed by atoms with Crippen molar-refractivity contribution < 1.29 is 14.3 Å². The molecule has 1 heterocycles. The van der Waals surface area contributed by atoms with Gasteiger partial charge in [-0.3, -0.25) is 4.79 Å². The fraction of sp³-hybridized carbons (Fsp3) is 0.304. The molecule has 0 spiro atoms. The van der Waals surface area contributed by atoms with Gasteiger partial charge in [0.05, 0.1) is 0 Å². The second kappa shape index (κ2) is 9.78. The highest BCUT2D eigenvalue weighted by molar-refractivity contribution is 5.88. The van der Waals surface area contributed by atoms with Gasteiger partial charge in [0.25, 0.3) is 0 Å². The first kappa shape index (κ1) is 20.5. The van der Waals surface area contributed by atoms with Crippen LogP contribution in [0.2, 0.25) is 0 Å². The number of rotatable bonds is 8. The maximum Gasteiger partial charge on any atom is 0.408 e. The molecule has 0 aliphatic heterocycles. The zero-order valence-corrected chi connectivity index (χ0v) is 16.8.